The second-order valence-corrected chi connectivity index (χ2v) is 3.86. The number of thiol groups is 1. The predicted molar refractivity (Wildman–Crippen MR) is 39.5 cm³/mol. The molecule has 1 fully saturated rings. The van der Waals surface area contributed by atoms with Crippen molar-refractivity contribution in [1.29, 1.82) is 0 Å². The quantitative estimate of drug-likeness (QED) is 0.468. The summed E-state index contributed by atoms with van der Waals surface area (Å²) in [6, 6.07) is 0. The minimum Gasteiger partial charge on any atom is -0.315 e. The summed E-state index contributed by atoms with van der Waals surface area (Å²) in [7, 11) is 0. The Kier molecular flexibility index (Phi) is 1.83. The summed E-state index contributed by atoms with van der Waals surface area (Å²) in [4.78, 5) is 0. The molecule has 1 aliphatic heterocycles. The van der Waals surface area contributed by atoms with Gasteiger partial charge in [-0.15, -0.1) is 0 Å². The monoisotopic (exact) mass is 131 g/mol. The van der Waals surface area contributed by atoms with Crippen LogP contribution < -0.4 is 5.32 Å². The summed E-state index contributed by atoms with van der Waals surface area (Å²) in [5, 5.41) is 3.30. The fourth-order valence-electron chi connectivity index (χ4n) is 1.04. The van der Waals surface area contributed by atoms with Gasteiger partial charge in [-0.3, -0.25) is 0 Å². The third kappa shape index (κ3) is 1.67. The molecule has 1 heterocycles. The molecule has 0 amide bonds. The summed E-state index contributed by atoms with van der Waals surface area (Å²) in [6.45, 7) is 4.43. The van der Waals surface area contributed by atoms with E-state index < -0.39 is 0 Å². The van der Waals surface area contributed by atoms with Crippen molar-refractivity contribution < 1.29 is 0 Å². The van der Waals surface area contributed by atoms with Crippen LogP contribution in [0.3, 0.4) is 0 Å². The van der Waals surface area contributed by atoms with E-state index in [1.165, 1.54) is 19.4 Å². The first kappa shape index (κ1) is 6.43. The van der Waals surface area contributed by atoms with Crippen LogP contribution in [-0.4, -0.2) is 17.8 Å². The topological polar surface area (TPSA) is 12.0 Å². The van der Waals surface area contributed by atoms with Gasteiger partial charge in [-0.25, -0.2) is 0 Å². The van der Waals surface area contributed by atoms with Crippen molar-refractivity contribution in [3.8, 4) is 0 Å². The molecule has 0 radical (unpaired) electrons. The molecule has 0 aromatic rings. The Balaban J connectivity index is 2.33. The molecule has 0 saturated carbocycles. The first-order valence-electron chi connectivity index (χ1n) is 3.14. The van der Waals surface area contributed by atoms with Crippen LogP contribution >= 0.6 is 12.6 Å². The van der Waals surface area contributed by atoms with Gasteiger partial charge in [-0.05, 0) is 26.3 Å². The first-order chi connectivity index (χ1) is 3.71. The minimum absolute atomic E-state index is 0.262. The minimum atomic E-state index is 0.262. The average molecular weight is 131 g/mol. The van der Waals surface area contributed by atoms with Crippen molar-refractivity contribution in [3.63, 3.8) is 0 Å². The van der Waals surface area contributed by atoms with Crippen LogP contribution in [0.2, 0.25) is 0 Å². The molecule has 1 aliphatic rings. The Morgan fingerprint density at radius 3 is 2.62 bits per heavy atom. The zero-order valence-electron chi connectivity index (χ0n) is 5.28. The van der Waals surface area contributed by atoms with E-state index in [4.69, 9.17) is 0 Å². The van der Waals surface area contributed by atoms with Crippen molar-refractivity contribution >= 4 is 12.6 Å². The maximum absolute atomic E-state index is 4.46. The standard InChI is InChI=1S/C6H13NS/c1-6(8)3-2-4-7-5-6/h7-8H,2-5H2,1H3. The van der Waals surface area contributed by atoms with Gasteiger partial charge in [0.1, 0.15) is 0 Å². The highest BCUT2D eigenvalue weighted by Gasteiger charge is 2.20. The van der Waals surface area contributed by atoms with Gasteiger partial charge in [-0.1, -0.05) is 0 Å². The Hall–Kier alpha value is 0.310. The number of hydrogen-bond acceptors (Lipinski definition) is 2. The average Bonchev–Trinajstić information content (AvgIpc) is 1.65. The molecule has 1 nitrogen and oxygen atoms in total. The summed E-state index contributed by atoms with van der Waals surface area (Å²) in [6.07, 6.45) is 2.53. The lowest BCUT2D eigenvalue weighted by atomic mass is 10.0. The number of rotatable bonds is 0. The zero-order valence-corrected chi connectivity index (χ0v) is 6.17. The van der Waals surface area contributed by atoms with Crippen LogP contribution in [0.1, 0.15) is 19.8 Å². The highest BCUT2D eigenvalue weighted by atomic mass is 32.1. The molecule has 2 heteroatoms. The molecule has 0 aromatic heterocycles. The number of hydrogen-bond donors (Lipinski definition) is 2. The summed E-state index contributed by atoms with van der Waals surface area (Å²) >= 11 is 4.46. The molecular weight excluding hydrogens is 118 g/mol. The molecule has 1 unspecified atom stereocenters. The van der Waals surface area contributed by atoms with Crippen LogP contribution in [-0.2, 0) is 0 Å². The third-order valence-corrected chi connectivity index (χ3v) is 1.96. The van der Waals surface area contributed by atoms with Gasteiger partial charge >= 0.3 is 0 Å². The van der Waals surface area contributed by atoms with Crippen LogP contribution in [0.5, 0.6) is 0 Å². The van der Waals surface area contributed by atoms with Gasteiger partial charge in [0.25, 0.3) is 0 Å². The molecule has 0 aliphatic carbocycles. The molecule has 0 aromatic carbocycles. The van der Waals surface area contributed by atoms with Crippen LogP contribution in [0, 0.1) is 0 Å². The summed E-state index contributed by atoms with van der Waals surface area (Å²) in [5.41, 5.74) is 0. The van der Waals surface area contributed by atoms with E-state index in [2.05, 4.69) is 24.9 Å². The van der Waals surface area contributed by atoms with Gasteiger partial charge in [0.2, 0.25) is 0 Å². The molecule has 8 heavy (non-hydrogen) atoms. The van der Waals surface area contributed by atoms with Crippen molar-refractivity contribution in [3.05, 3.63) is 0 Å². The molecule has 0 spiro atoms. The molecule has 1 N–H and O–H groups in total. The number of nitrogens with one attached hydrogen (secondary N) is 1. The van der Waals surface area contributed by atoms with E-state index in [1.54, 1.807) is 0 Å². The Morgan fingerprint density at radius 1 is 1.62 bits per heavy atom. The van der Waals surface area contributed by atoms with Crippen LogP contribution in [0.15, 0.2) is 0 Å². The van der Waals surface area contributed by atoms with Crippen molar-refractivity contribution in [2.45, 2.75) is 24.5 Å². The maximum Gasteiger partial charge on any atom is 0.0226 e. The van der Waals surface area contributed by atoms with Crippen molar-refractivity contribution in [2.24, 2.45) is 0 Å². The largest absolute Gasteiger partial charge is 0.315 e. The lowest BCUT2D eigenvalue weighted by Crippen LogP contribution is -2.38. The Morgan fingerprint density at radius 2 is 2.38 bits per heavy atom. The maximum atomic E-state index is 4.46. The highest BCUT2D eigenvalue weighted by molar-refractivity contribution is 7.81. The predicted octanol–water partition coefficient (Wildman–Crippen LogP) is 1.06. The number of piperidine rings is 1. The van der Waals surface area contributed by atoms with Crippen LogP contribution in [0.4, 0.5) is 0 Å². The van der Waals surface area contributed by atoms with E-state index in [-0.39, 0.29) is 4.75 Å². The fraction of sp³-hybridized carbons (Fsp3) is 1.00. The summed E-state index contributed by atoms with van der Waals surface area (Å²) in [5.74, 6) is 0. The Bertz CT molecular complexity index is 72.6. The van der Waals surface area contributed by atoms with Gasteiger partial charge in [0, 0.05) is 11.3 Å². The smallest absolute Gasteiger partial charge is 0.0226 e. The third-order valence-electron chi connectivity index (χ3n) is 1.57. The zero-order chi connectivity index (χ0) is 6.04. The van der Waals surface area contributed by atoms with E-state index in [0.717, 1.165) is 6.54 Å². The molecule has 48 valence electrons. The lowest BCUT2D eigenvalue weighted by Gasteiger charge is -2.28. The van der Waals surface area contributed by atoms with Crippen molar-refractivity contribution in [2.75, 3.05) is 13.1 Å². The van der Waals surface area contributed by atoms with E-state index in [0.29, 0.717) is 0 Å². The van der Waals surface area contributed by atoms with Gasteiger partial charge < -0.3 is 5.32 Å². The fourth-order valence-corrected chi connectivity index (χ4v) is 1.31. The van der Waals surface area contributed by atoms with Gasteiger partial charge in [0.15, 0.2) is 0 Å². The van der Waals surface area contributed by atoms with Crippen LogP contribution in [0.25, 0.3) is 0 Å². The molecule has 0 bridgehead atoms. The van der Waals surface area contributed by atoms with E-state index >= 15 is 0 Å². The highest BCUT2D eigenvalue weighted by Crippen LogP contribution is 2.21. The molecule has 1 rings (SSSR count). The van der Waals surface area contributed by atoms with Crippen molar-refractivity contribution in [1.82, 2.24) is 5.32 Å². The van der Waals surface area contributed by atoms with E-state index in [9.17, 15) is 0 Å². The second kappa shape index (κ2) is 2.28. The second-order valence-electron chi connectivity index (χ2n) is 2.78. The SMILES string of the molecule is CC1(S)CCCNC1. The summed E-state index contributed by atoms with van der Waals surface area (Å²) < 4.78 is 0.262. The molecular formula is C6H13NS. The Labute approximate surface area is 56.3 Å². The molecule has 1 atom stereocenters. The van der Waals surface area contributed by atoms with E-state index in [1.807, 2.05) is 0 Å². The van der Waals surface area contributed by atoms with Gasteiger partial charge in [-0.2, -0.15) is 12.6 Å². The van der Waals surface area contributed by atoms with Gasteiger partial charge in [0.05, 0.1) is 0 Å². The normalized spacial score (nSPS) is 39.8. The lowest BCUT2D eigenvalue weighted by molar-refractivity contribution is 0.443. The molecule has 1 saturated heterocycles. The first-order valence-corrected chi connectivity index (χ1v) is 3.59.